The third kappa shape index (κ3) is 3.53. The lowest BCUT2D eigenvalue weighted by Gasteiger charge is -1.99. The van der Waals surface area contributed by atoms with Crippen molar-refractivity contribution in [2.45, 2.75) is 26.2 Å². The predicted molar refractivity (Wildman–Crippen MR) is 45.9 cm³/mol. The SMILES string of the molecule is CCCOCCCc1cnoc1. The van der Waals surface area contributed by atoms with E-state index in [1.807, 2.05) is 0 Å². The molecule has 0 unspecified atom stereocenters. The molecule has 0 N–H and O–H groups in total. The number of nitrogens with zero attached hydrogens (tertiary/aromatic N) is 1. The minimum atomic E-state index is 0.832. The van der Waals surface area contributed by atoms with Gasteiger partial charge in [-0.1, -0.05) is 12.1 Å². The Hall–Kier alpha value is -0.830. The molecule has 0 fully saturated rings. The standard InChI is InChI=1S/C9H15NO2/c1-2-5-11-6-3-4-9-7-10-12-8-9/h7-8H,2-6H2,1H3. The van der Waals surface area contributed by atoms with Crippen LogP contribution in [0.15, 0.2) is 17.0 Å². The Balaban J connectivity index is 1.96. The first-order valence-electron chi connectivity index (χ1n) is 4.39. The molecule has 0 saturated carbocycles. The van der Waals surface area contributed by atoms with Crippen LogP contribution in [-0.2, 0) is 11.2 Å². The summed E-state index contributed by atoms with van der Waals surface area (Å²) >= 11 is 0. The summed E-state index contributed by atoms with van der Waals surface area (Å²) in [5, 5.41) is 3.62. The molecule has 0 saturated heterocycles. The molecule has 0 atom stereocenters. The van der Waals surface area contributed by atoms with Crippen molar-refractivity contribution >= 4 is 0 Å². The molecule has 1 aromatic heterocycles. The average Bonchev–Trinajstić information content (AvgIpc) is 2.57. The van der Waals surface area contributed by atoms with Crippen LogP contribution in [0.1, 0.15) is 25.3 Å². The van der Waals surface area contributed by atoms with E-state index in [0.29, 0.717) is 0 Å². The number of ether oxygens (including phenoxy) is 1. The van der Waals surface area contributed by atoms with Crippen LogP contribution in [0.5, 0.6) is 0 Å². The van der Waals surface area contributed by atoms with E-state index in [4.69, 9.17) is 9.26 Å². The van der Waals surface area contributed by atoms with Crippen LogP contribution in [0.4, 0.5) is 0 Å². The van der Waals surface area contributed by atoms with Gasteiger partial charge in [-0.2, -0.15) is 0 Å². The molecular weight excluding hydrogens is 154 g/mol. The zero-order valence-corrected chi connectivity index (χ0v) is 7.45. The number of rotatable bonds is 6. The van der Waals surface area contributed by atoms with Gasteiger partial charge in [0.15, 0.2) is 0 Å². The fraction of sp³-hybridized carbons (Fsp3) is 0.667. The van der Waals surface area contributed by atoms with E-state index in [0.717, 1.165) is 38.0 Å². The first-order valence-corrected chi connectivity index (χ1v) is 4.39. The van der Waals surface area contributed by atoms with Crippen molar-refractivity contribution in [3.8, 4) is 0 Å². The monoisotopic (exact) mass is 169 g/mol. The number of hydrogen-bond acceptors (Lipinski definition) is 3. The first kappa shape index (κ1) is 9.26. The molecule has 0 aliphatic heterocycles. The van der Waals surface area contributed by atoms with E-state index in [2.05, 4.69) is 12.1 Å². The Morgan fingerprint density at radius 1 is 1.50 bits per heavy atom. The zero-order valence-electron chi connectivity index (χ0n) is 7.45. The molecule has 3 nitrogen and oxygen atoms in total. The van der Waals surface area contributed by atoms with Gasteiger partial charge in [-0.25, -0.2) is 0 Å². The predicted octanol–water partition coefficient (Wildman–Crippen LogP) is 2.03. The molecule has 1 aromatic rings. The quantitative estimate of drug-likeness (QED) is 0.611. The van der Waals surface area contributed by atoms with E-state index in [1.165, 1.54) is 0 Å². The molecule has 68 valence electrons. The second-order valence-electron chi connectivity index (χ2n) is 2.75. The summed E-state index contributed by atoms with van der Waals surface area (Å²) in [6, 6.07) is 0. The van der Waals surface area contributed by atoms with Crippen molar-refractivity contribution in [2.24, 2.45) is 0 Å². The summed E-state index contributed by atoms with van der Waals surface area (Å²) in [6.45, 7) is 3.81. The summed E-state index contributed by atoms with van der Waals surface area (Å²) in [5.74, 6) is 0. The van der Waals surface area contributed by atoms with Gasteiger partial charge in [0, 0.05) is 18.8 Å². The zero-order chi connectivity index (χ0) is 8.65. The van der Waals surface area contributed by atoms with E-state index in [1.54, 1.807) is 12.5 Å². The Kier molecular flexibility index (Phi) is 4.46. The first-order chi connectivity index (χ1) is 5.93. The molecule has 3 heteroatoms. The Morgan fingerprint density at radius 3 is 3.08 bits per heavy atom. The molecule has 12 heavy (non-hydrogen) atoms. The molecule has 0 radical (unpaired) electrons. The highest BCUT2D eigenvalue weighted by Gasteiger charge is 1.94. The van der Waals surface area contributed by atoms with E-state index in [9.17, 15) is 0 Å². The van der Waals surface area contributed by atoms with E-state index < -0.39 is 0 Å². The summed E-state index contributed by atoms with van der Waals surface area (Å²) in [4.78, 5) is 0. The fourth-order valence-corrected chi connectivity index (χ4v) is 0.975. The lowest BCUT2D eigenvalue weighted by atomic mass is 10.2. The van der Waals surface area contributed by atoms with E-state index in [-0.39, 0.29) is 0 Å². The maximum Gasteiger partial charge on any atom is 0.126 e. The molecular formula is C9H15NO2. The van der Waals surface area contributed by atoms with Gasteiger partial charge in [0.05, 0.1) is 6.20 Å². The number of aromatic nitrogens is 1. The highest BCUT2D eigenvalue weighted by atomic mass is 16.5. The van der Waals surface area contributed by atoms with Gasteiger partial charge in [-0.15, -0.1) is 0 Å². The Morgan fingerprint density at radius 2 is 2.42 bits per heavy atom. The summed E-state index contributed by atoms with van der Waals surface area (Å²) < 4.78 is 10.0. The molecule has 1 heterocycles. The Labute approximate surface area is 72.7 Å². The van der Waals surface area contributed by atoms with Gasteiger partial charge in [0.2, 0.25) is 0 Å². The van der Waals surface area contributed by atoms with Gasteiger partial charge < -0.3 is 9.26 Å². The van der Waals surface area contributed by atoms with Crippen molar-refractivity contribution in [3.63, 3.8) is 0 Å². The molecule has 1 rings (SSSR count). The molecule has 0 aromatic carbocycles. The summed E-state index contributed by atoms with van der Waals surface area (Å²) in [7, 11) is 0. The molecule has 0 aliphatic carbocycles. The lowest BCUT2D eigenvalue weighted by molar-refractivity contribution is 0.132. The van der Waals surface area contributed by atoms with Crippen molar-refractivity contribution in [1.82, 2.24) is 5.16 Å². The van der Waals surface area contributed by atoms with Gasteiger partial charge in [0.25, 0.3) is 0 Å². The molecule has 0 aliphatic rings. The second kappa shape index (κ2) is 5.77. The molecule has 0 spiro atoms. The smallest absolute Gasteiger partial charge is 0.126 e. The molecule has 0 bridgehead atoms. The number of aryl methyl sites for hydroxylation is 1. The minimum Gasteiger partial charge on any atom is -0.381 e. The van der Waals surface area contributed by atoms with Gasteiger partial charge in [-0.05, 0) is 19.3 Å². The average molecular weight is 169 g/mol. The van der Waals surface area contributed by atoms with Crippen LogP contribution in [0, 0.1) is 0 Å². The largest absolute Gasteiger partial charge is 0.381 e. The normalized spacial score (nSPS) is 10.4. The Bertz CT molecular complexity index is 184. The third-order valence-corrected chi connectivity index (χ3v) is 1.59. The summed E-state index contributed by atoms with van der Waals surface area (Å²) in [6.07, 6.45) is 6.56. The maximum atomic E-state index is 5.33. The highest BCUT2D eigenvalue weighted by Crippen LogP contribution is 2.00. The van der Waals surface area contributed by atoms with Crippen molar-refractivity contribution in [3.05, 3.63) is 18.0 Å². The minimum absolute atomic E-state index is 0.832. The van der Waals surface area contributed by atoms with Gasteiger partial charge >= 0.3 is 0 Å². The van der Waals surface area contributed by atoms with Crippen molar-refractivity contribution < 1.29 is 9.26 Å². The molecule has 0 amide bonds. The van der Waals surface area contributed by atoms with Crippen molar-refractivity contribution in [2.75, 3.05) is 13.2 Å². The number of hydrogen-bond donors (Lipinski definition) is 0. The second-order valence-corrected chi connectivity index (χ2v) is 2.75. The maximum absolute atomic E-state index is 5.33. The topological polar surface area (TPSA) is 35.3 Å². The van der Waals surface area contributed by atoms with Crippen LogP contribution in [0.3, 0.4) is 0 Å². The van der Waals surface area contributed by atoms with E-state index >= 15 is 0 Å². The summed E-state index contributed by atoms with van der Waals surface area (Å²) in [5.41, 5.74) is 1.15. The van der Waals surface area contributed by atoms with Crippen molar-refractivity contribution in [1.29, 1.82) is 0 Å². The van der Waals surface area contributed by atoms with Gasteiger partial charge in [-0.3, -0.25) is 0 Å². The van der Waals surface area contributed by atoms with Crippen LogP contribution < -0.4 is 0 Å². The lowest BCUT2D eigenvalue weighted by Crippen LogP contribution is -1.96. The third-order valence-electron chi connectivity index (χ3n) is 1.59. The van der Waals surface area contributed by atoms with Crippen LogP contribution in [-0.4, -0.2) is 18.4 Å². The van der Waals surface area contributed by atoms with Gasteiger partial charge in [0.1, 0.15) is 6.26 Å². The van der Waals surface area contributed by atoms with Crippen LogP contribution in [0.2, 0.25) is 0 Å². The fourth-order valence-electron chi connectivity index (χ4n) is 0.975. The highest BCUT2D eigenvalue weighted by molar-refractivity contribution is 4.99. The van der Waals surface area contributed by atoms with Crippen LogP contribution >= 0.6 is 0 Å². The van der Waals surface area contributed by atoms with Crippen LogP contribution in [0.25, 0.3) is 0 Å².